The normalized spacial score (nSPS) is 21.4. The lowest BCUT2D eigenvalue weighted by molar-refractivity contribution is 0.441. The molecule has 2 heterocycles. The first-order valence-electron chi connectivity index (χ1n) is 7.41. The van der Waals surface area contributed by atoms with Crippen molar-refractivity contribution < 1.29 is 0 Å². The summed E-state index contributed by atoms with van der Waals surface area (Å²) in [6.45, 7) is 4.02. The van der Waals surface area contributed by atoms with Crippen LogP contribution in [0.5, 0.6) is 0 Å². The molecule has 3 rings (SSSR count). The van der Waals surface area contributed by atoms with Gasteiger partial charge in [-0.1, -0.05) is 32.1 Å². The van der Waals surface area contributed by atoms with E-state index in [9.17, 15) is 0 Å². The van der Waals surface area contributed by atoms with Crippen LogP contribution < -0.4 is 5.32 Å². The van der Waals surface area contributed by atoms with Gasteiger partial charge in [-0.25, -0.2) is 9.97 Å². The second kappa shape index (κ2) is 5.35. The molecule has 2 aliphatic rings. The van der Waals surface area contributed by atoms with Gasteiger partial charge in [0.2, 0.25) is 0 Å². The molecular weight excluding hydrogens is 222 g/mol. The number of fused-ring (bicyclic) bond motifs is 1. The number of hydrogen-bond donors (Lipinski definition) is 1. The van der Waals surface area contributed by atoms with Gasteiger partial charge in [0, 0.05) is 30.3 Å². The maximum absolute atomic E-state index is 4.84. The highest BCUT2D eigenvalue weighted by Crippen LogP contribution is 2.30. The van der Waals surface area contributed by atoms with Crippen LogP contribution in [-0.4, -0.2) is 9.97 Å². The predicted octanol–water partition coefficient (Wildman–Crippen LogP) is 3.22. The second-order valence-electron chi connectivity index (χ2n) is 5.74. The van der Waals surface area contributed by atoms with Gasteiger partial charge in [-0.15, -0.1) is 0 Å². The Hall–Kier alpha value is -0.960. The zero-order chi connectivity index (χ0) is 12.4. The molecule has 0 spiro atoms. The minimum atomic E-state index is 0.606. The van der Waals surface area contributed by atoms with E-state index in [0.29, 0.717) is 5.92 Å². The third-order valence-electron chi connectivity index (χ3n) is 4.38. The lowest BCUT2D eigenvalue weighted by Crippen LogP contribution is -2.10. The highest BCUT2D eigenvalue weighted by atomic mass is 15.0. The predicted molar refractivity (Wildman–Crippen MR) is 72.4 cm³/mol. The maximum atomic E-state index is 4.84. The molecule has 1 aliphatic carbocycles. The summed E-state index contributed by atoms with van der Waals surface area (Å²) in [6.07, 6.45) is 9.47. The Kier molecular flexibility index (Phi) is 3.59. The van der Waals surface area contributed by atoms with Crippen molar-refractivity contribution in [2.45, 2.75) is 70.9 Å². The Labute approximate surface area is 109 Å². The average molecular weight is 245 g/mol. The zero-order valence-corrected chi connectivity index (χ0v) is 11.3. The lowest BCUT2D eigenvalue weighted by atomic mass is 9.90. The average Bonchev–Trinajstić information content (AvgIpc) is 2.77. The number of aryl methyl sites for hydroxylation is 1. The van der Waals surface area contributed by atoms with Crippen molar-refractivity contribution in [2.75, 3.05) is 0 Å². The summed E-state index contributed by atoms with van der Waals surface area (Å²) < 4.78 is 0. The van der Waals surface area contributed by atoms with Crippen LogP contribution in [0.15, 0.2) is 0 Å². The van der Waals surface area contributed by atoms with E-state index in [0.717, 1.165) is 18.9 Å². The molecule has 0 saturated heterocycles. The summed E-state index contributed by atoms with van der Waals surface area (Å²) in [4.78, 5) is 9.63. The van der Waals surface area contributed by atoms with Crippen LogP contribution in [-0.2, 0) is 13.1 Å². The fourth-order valence-corrected chi connectivity index (χ4v) is 3.26. The number of nitrogens with one attached hydrogen (secondary N) is 1. The molecule has 3 nitrogen and oxygen atoms in total. The van der Waals surface area contributed by atoms with Gasteiger partial charge >= 0.3 is 0 Å². The minimum absolute atomic E-state index is 0.606. The minimum Gasteiger partial charge on any atom is -0.307 e. The lowest BCUT2D eigenvalue weighted by Gasteiger charge is -2.19. The van der Waals surface area contributed by atoms with E-state index >= 15 is 0 Å². The van der Waals surface area contributed by atoms with E-state index in [4.69, 9.17) is 9.97 Å². The van der Waals surface area contributed by atoms with Crippen molar-refractivity contribution in [3.05, 3.63) is 22.8 Å². The van der Waals surface area contributed by atoms with Crippen molar-refractivity contribution in [1.29, 1.82) is 0 Å². The van der Waals surface area contributed by atoms with Gasteiger partial charge in [0.15, 0.2) is 0 Å². The third-order valence-corrected chi connectivity index (χ3v) is 4.38. The fraction of sp³-hybridized carbons (Fsp3) is 0.733. The van der Waals surface area contributed by atoms with E-state index < -0.39 is 0 Å². The molecule has 98 valence electrons. The van der Waals surface area contributed by atoms with E-state index in [1.807, 2.05) is 0 Å². The Morgan fingerprint density at radius 2 is 1.67 bits per heavy atom. The van der Waals surface area contributed by atoms with E-state index in [1.54, 1.807) is 0 Å². The Morgan fingerprint density at radius 1 is 0.944 bits per heavy atom. The summed E-state index contributed by atoms with van der Waals surface area (Å²) in [5.41, 5.74) is 3.78. The SMILES string of the molecule is Cc1nc(C2CCCCCCC2)nc2c1CNC2. The van der Waals surface area contributed by atoms with Crippen molar-refractivity contribution in [2.24, 2.45) is 0 Å². The third kappa shape index (κ3) is 2.41. The quantitative estimate of drug-likeness (QED) is 0.825. The number of aromatic nitrogens is 2. The molecule has 1 saturated carbocycles. The van der Waals surface area contributed by atoms with Crippen LogP contribution in [0.3, 0.4) is 0 Å². The number of hydrogen-bond acceptors (Lipinski definition) is 3. The molecule has 1 fully saturated rings. The molecule has 1 aromatic heterocycles. The molecule has 0 bridgehead atoms. The standard InChI is InChI=1S/C15H23N3/c1-11-13-9-16-10-14(13)18-15(17-11)12-7-5-3-2-4-6-8-12/h12,16H,2-10H2,1H3. The van der Waals surface area contributed by atoms with Crippen LogP contribution in [0.25, 0.3) is 0 Å². The second-order valence-corrected chi connectivity index (χ2v) is 5.74. The first-order chi connectivity index (χ1) is 8.84. The van der Waals surface area contributed by atoms with Crippen molar-refractivity contribution in [3.8, 4) is 0 Å². The first-order valence-corrected chi connectivity index (χ1v) is 7.41. The van der Waals surface area contributed by atoms with Crippen LogP contribution in [0.1, 0.15) is 73.6 Å². The fourth-order valence-electron chi connectivity index (χ4n) is 3.26. The summed E-state index contributed by atoms with van der Waals surface area (Å²) in [6, 6.07) is 0. The molecule has 1 N–H and O–H groups in total. The molecule has 1 aliphatic heterocycles. The summed E-state index contributed by atoms with van der Waals surface area (Å²) in [5, 5.41) is 3.38. The molecule has 0 aromatic carbocycles. The molecule has 0 unspecified atom stereocenters. The van der Waals surface area contributed by atoms with Crippen LogP contribution in [0, 0.1) is 6.92 Å². The Bertz CT molecular complexity index is 420. The monoisotopic (exact) mass is 245 g/mol. The van der Waals surface area contributed by atoms with Gasteiger partial charge in [0.25, 0.3) is 0 Å². The van der Waals surface area contributed by atoms with Crippen molar-refractivity contribution >= 4 is 0 Å². The molecule has 0 radical (unpaired) electrons. The summed E-state index contributed by atoms with van der Waals surface area (Å²) in [7, 11) is 0. The van der Waals surface area contributed by atoms with Crippen molar-refractivity contribution in [1.82, 2.24) is 15.3 Å². The van der Waals surface area contributed by atoms with E-state index in [2.05, 4.69) is 12.2 Å². The van der Waals surface area contributed by atoms with Crippen molar-refractivity contribution in [3.63, 3.8) is 0 Å². The number of rotatable bonds is 1. The first kappa shape index (κ1) is 12.1. The molecule has 0 atom stereocenters. The molecule has 0 amide bonds. The van der Waals surface area contributed by atoms with Gasteiger partial charge in [-0.05, 0) is 19.8 Å². The molecule has 1 aromatic rings. The van der Waals surface area contributed by atoms with Crippen LogP contribution in [0.2, 0.25) is 0 Å². The topological polar surface area (TPSA) is 37.8 Å². The maximum Gasteiger partial charge on any atom is 0.132 e. The molecule has 18 heavy (non-hydrogen) atoms. The number of nitrogens with zero attached hydrogens (tertiary/aromatic N) is 2. The van der Waals surface area contributed by atoms with E-state index in [1.165, 1.54) is 61.9 Å². The van der Waals surface area contributed by atoms with E-state index in [-0.39, 0.29) is 0 Å². The van der Waals surface area contributed by atoms with Gasteiger partial charge < -0.3 is 5.32 Å². The van der Waals surface area contributed by atoms with Gasteiger partial charge in [0.05, 0.1) is 5.69 Å². The smallest absolute Gasteiger partial charge is 0.132 e. The summed E-state index contributed by atoms with van der Waals surface area (Å²) >= 11 is 0. The van der Waals surface area contributed by atoms with Crippen LogP contribution in [0.4, 0.5) is 0 Å². The van der Waals surface area contributed by atoms with Crippen LogP contribution >= 0.6 is 0 Å². The molecule has 3 heteroatoms. The van der Waals surface area contributed by atoms with Gasteiger partial charge in [-0.3, -0.25) is 0 Å². The zero-order valence-electron chi connectivity index (χ0n) is 11.3. The van der Waals surface area contributed by atoms with Gasteiger partial charge in [-0.2, -0.15) is 0 Å². The largest absolute Gasteiger partial charge is 0.307 e. The Balaban J connectivity index is 1.84. The molecular formula is C15H23N3. The Morgan fingerprint density at radius 3 is 2.44 bits per heavy atom. The summed E-state index contributed by atoms with van der Waals surface area (Å²) in [5.74, 6) is 1.73. The highest BCUT2D eigenvalue weighted by molar-refractivity contribution is 5.29. The van der Waals surface area contributed by atoms with Gasteiger partial charge in [0.1, 0.15) is 5.82 Å². The highest BCUT2D eigenvalue weighted by Gasteiger charge is 2.21.